The zero-order valence-electron chi connectivity index (χ0n) is 19.1. The molecular weight excluding hydrogens is 424 g/mol. The van der Waals surface area contributed by atoms with Gasteiger partial charge in [0.2, 0.25) is 10.0 Å². The maximum atomic E-state index is 13.4. The zero-order chi connectivity index (χ0) is 23.0. The molecule has 1 heterocycles. The van der Waals surface area contributed by atoms with Crippen LogP contribution in [0.25, 0.3) is 16.6 Å². The van der Waals surface area contributed by atoms with Crippen LogP contribution in [0.15, 0.2) is 47.5 Å². The minimum atomic E-state index is -3.41. The van der Waals surface area contributed by atoms with E-state index in [0.29, 0.717) is 22.3 Å². The summed E-state index contributed by atoms with van der Waals surface area (Å²) in [4.78, 5) is 20.1. The van der Waals surface area contributed by atoms with Crippen LogP contribution < -0.4 is 9.86 Å². The molecule has 4 rings (SSSR count). The van der Waals surface area contributed by atoms with Gasteiger partial charge in [0.15, 0.2) is 0 Å². The fourth-order valence-corrected chi connectivity index (χ4v) is 5.32. The van der Waals surface area contributed by atoms with E-state index in [1.54, 1.807) is 12.1 Å². The highest BCUT2D eigenvalue weighted by atomic mass is 32.2. The van der Waals surface area contributed by atoms with E-state index in [9.17, 15) is 13.2 Å². The van der Waals surface area contributed by atoms with Gasteiger partial charge in [0, 0.05) is 6.04 Å². The molecule has 0 spiro atoms. The third kappa shape index (κ3) is 4.71. The summed E-state index contributed by atoms with van der Waals surface area (Å²) in [5.41, 5.74) is 3.73. The molecular formula is C24H30N4O3S. The standard InChI is InChI=1S/C24H30N4O3S/c1-17-7-9-20(28(19-10-11-19)32(4,30)31)15-23(17)27-16-25-22-12-8-18(6-5-13-26(2)3)14-21(22)24(27)29/h7-9,12,14-16,19H,5-6,10-11,13H2,1-4H3. The quantitative estimate of drug-likeness (QED) is 0.523. The summed E-state index contributed by atoms with van der Waals surface area (Å²) < 4.78 is 27.8. The summed E-state index contributed by atoms with van der Waals surface area (Å²) in [5, 5.41) is 0.571. The largest absolute Gasteiger partial charge is 0.309 e. The zero-order valence-corrected chi connectivity index (χ0v) is 19.9. The number of benzene rings is 2. The van der Waals surface area contributed by atoms with Crippen LogP contribution in [0.1, 0.15) is 30.4 Å². The van der Waals surface area contributed by atoms with Crippen LogP contribution in [0.2, 0.25) is 0 Å². The van der Waals surface area contributed by atoms with Gasteiger partial charge in [-0.3, -0.25) is 13.7 Å². The lowest BCUT2D eigenvalue weighted by molar-refractivity contribution is 0.400. The normalized spacial score (nSPS) is 14.3. The molecule has 0 atom stereocenters. The molecule has 0 amide bonds. The molecule has 0 radical (unpaired) electrons. The lowest BCUT2D eigenvalue weighted by Gasteiger charge is -2.23. The first-order chi connectivity index (χ1) is 15.1. The Kier molecular flexibility index (Phi) is 6.09. The van der Waals surface area contributed by atoms with Gasteiger partial charge in [-0.1, -0.05) is 12.1 Å². The lowest BCUT2D eigenvalue weighted by Crippen LogP contribution is -2.32. The molecule has 170 valence electrons. The average Bonchev–Trinajstić information content (AvgIpc) is 3.54. The van der Waals surface area contributed by atoms with E-state index in [4.69, 9.17) is 0 Å². The van der Waals surface area contributed by atoms with Crippen molar-refractivity contribution in [1.29, 1.82) is 0 Å². The second-order valence-electron chi connectivity index (χ2n) is 8.94. The summed E-state index contributed by atoms with van der Waals surface area (Å²) in [6.45, 7) is 2.90. The molecule has 0 unspecified atom stereocenters. The minimum absolute atomic E-state index is 0.00303. The molecule has 1 fully saturated rings. The van der Waals surface area contributed by atoms with Crippen molar-refractivity contribution in [2.75, 3.05) is 31.2 Å². The van der Waals surface area contributed by atoms with Crippen molar-refractivity contribution in [3.63, 3.8) is 0 Å². The summed E-state index contributed by atoms with van der Waals surface area (Å²) in [5.74, 6) is 0. The van der Waals surface area contributed by atoms with Gasteiger partial charge in [-0.15, -0.1) is 0 Å². The molecule has 2 aromatic carbocycles. The van der Waals surface area contributed by atoms with Crippen molar-refractivity contribution >= 4 is 26.6 Å². The number of aromatic nitrogens is 2. The first kappa shape index (κ1) is 22.5. The highest BCUT2D eigenvalue weighted by Gasteiger charge is 2.35. The molecule has 1 aromatic heterocycles. The van der Waals surface area contributed by atoms with Crippen LogP contribution in [0.5, 0.6) is 0 Å². The van der Waals surface area contributed by atoms with Gasteiger partial charge in [0.1, 0.15) is 6.33 Å². The van der Waals surface area contributed by atoms with Crippen molar-refractivity contribution in [2.45, 2.75) is 38.6 Å². The Morgan fingerprint density at radius 3 is 2.53 bits per heavy atom. The van der Waals surface area contributed by atoms with E-state index < -0.39 is 10.0 Å². The van der Waals surface area contributed by atoms with Gasteiger partial charge in [0.25, 0.3) is 5.56 Å². The Morgan fingerprint density at radius 1 is 1.12 bits per heavy atom. The van der Waals surface area contributed by atoms with Crippen molar-refractivity contribution in [1.82, 2.24) is 14.5 Å². The summed E-state index contributed by atoms with van der Waals surface area (Å²) in [6.07, 6.45) is 6.36. The summed E-state index contributed by atoms with van der Waals surface area (Å²) in [7, 11) is 0.693. The first-order valence-electron chi connectivity index (χ1n) is 10.9. The second-order valence-corrected chi connectivity index (χ2v) is 10.8. The van der Waals surface area contributed by atoms with E-state index in [0.717, 1.165) is 43.4 Å². The predicted molar refractivity (Wildman–Crippen MR) is 129 cm³/mol. The molecule has 1 aliphatic carbocycles. The number of hydrogen-bond donors (Lipinski definition) is 0. The van der Waals surface area contributed by atoms with E-state index >= 15 is 0 Å². The Labute approximate surface area is 189 Å². The van der Waals surface area contributed by atoms with E-state index in [-0.39, 0.29) is 11.6 Å². The van der Waals surface area contributed by atoms with E-state index in [1.165, 1.54) is 21.5 Å². The van der Waals surface area contributed by atoms with E-state index in [1.807, 2.05) is 45.3 Å². The van der Waals surface area contributed by atoms with Gasteiger partial charge < -0.3 is 4.90 Å². The molecule has 32 heavy (non-hydrogen) atoms. The average molecular weight is 455 g/mol. The van der Waals surface area contributed by atoms with Crippen LogP contribution in [0.3, 0.4) is 0 Å². The third-order valence-electron chi connectivity index (χ3n) is 5.84. The number of anilines is 1. The number of nitrogens with zero attached hydrogens (tertiary/aromatic N) is 4. The number of hydrogen-bond acceptors (Lipinski definition) is 5. The molecule has 0 bridgehead atoms. The maximum absolute atomic E-state index is 13.4. The smallest absolute Gasteiger partial charge is 0.265 e. The van der Waals surface area contributed by atoms with Gasteiger partial charge in [0.05, 0.1) is 28.5 Å². The molecule has 1 saturated carbocycles. The van der Waals surface area contributed by atoms with Crippen LogP contribution in [0, 0.1) is 6.92 Å². The molecule has 3 aromatic rings. The second kappa shape index (κ2) is 8.67. The van der Waals surface area contributed by atoms with E-state index in [2.05, 4.69) is 9.88 Å². The van der Waals surface area contributed by atoms with Crippen molar-refractivity contribution < 1.29 is 8.42 Å². The molecule has 7 nitrogen and oxygen atoms in total. The highest BCUT2D eigenvalue weighted by Crippen LogP contribution is 2.35. The minimum Gasteiger partial charge on any atom is -0.309 e. The van der Waals surface area contributed by atoms with Crippen molar-refractivity contribution in [2.24, 2.45) is 0 Å². The van der Waals surface area contributed by atoms with Crippen LogP contribution in [0.4, 0.5) is 5.69 Å². The summed E-state index contributed by atoms with van der Waals surface area (Å²) >= 11 is 0. The molecule has 1 aliphatic rings. The van der Waals surface area contributed by atoms with Gasteiger partial charge in [-0.2, -0.15) is 0 Å². The van der Waals surface area contributed by atoms with Crippen LogP contribution in [-0.4, -0.2) is 55.8 Å². The Hall–Kier alpha value is -2.71. The third-order valence-corrected chi connectivity index (χ3v) is 7.06. The number of rotatable bonds is 8. The van der Waals surface area contributed by atoms with Gasteiger partial charge >= 0.3 is 0 Å². The van der Waals surface area contributed by atoms with Crippen LogP contribution in [-0.2, 0) is 16.4 Å². The summed E-state index contributed by atoms with van der Waals surface area (Å²) in [6, 6.07) is 11.3. The molecule has 0 aliphatic heterocycles. The van der Waals surface area contributed by atoms with Gasteiger partial charge in [-0.25, -0.2) is 13.4 Å². The van der Waals surface area contributed by atoms with Crippen molar-refractivity contribution in [3.8, 4) is 5.69 Å². The first-order valence-corrected chi connectivity index (χ1v) is 12.8. The number of sulfonamides is 1. The molecule has 8 heteroatoms. The monoisotopic (exact) mass is 454 g/mol. The molecule has 0 saturated heterocycles. The van der Waals surface area contributed by atoms with Crippen LogP contribution >= 0.6 is 0 Å². The number of fused-ring (bicyclic) bond motifs is 1. The predicted octanol–water partition coefficient (Wildman–Crippen LogP) is 3.12. The number of aryl methyl sites for hydroxylation is 2. The van der Waals surface area contributed by atoms with Crippen molar-refractivity contribution in [3.05, 3.63) is 64.2 Å². The van der Waals surface area contributed by atoms with Gasteiger partial charge in [-0.05, 0) is 88.6 Å². The Bertz CT molecular complexity index is 1310. The fourth-order valence-electron chi connectivity index (χ4n) is 4.07. The SMILES string of the molecule is Cc1ccc(N(C2CC2)S(C)(=O)=O)cc1-n1cnc2ccc(CCCN(C)C)cc2c1=O. The Balaban J connectivity index is 1.76. The fraction of sp³-hybridized carbons (Fsp3) is 0.417. The lowest BCUT2D eigenvalue weighted by atomic mass is 10.1. The Morgan fingerprint density at radius 2 is 1.88 bits per heavy atom. The molecule has 0 N–H and O–H groups in total. The maximum Gasteiger partial charge on any atom is 0.265 e. The highest BCUT2D eigenvalue weighted by molar-refractivity contribution is 7.92. The topological polar surface area (TPSA) is 75.5 Å².